The Morgan fingerprint density at radius 2 is 1.96 bits per heavy atom. The van der Waals surface area contributed by atoms with Crippen molar-refractivity contribution in [2.75, 3.05) is 46.4 Å². The van der Waals surface area contributed by atoms with E-state index in [4.69, 9.17) is 9.15 Å². The maximum atomic E-state index is 12.3. The van der Waals surface area contributed by atoms with E-state index in [1.54, 1.807) is 19.2 Å². The molecule has 1 aromatic carbocycles. The SMILES string of the molecule is CCN1CCN(C(CNC(=O)c2ccco2)c2ccccc2OC)CC1. The lowest BCUT2D eigenvalue weighted by molar-refractivity contribution is 0.0832. The Balaban J connectivity index is 1.76. The van der Waals surface area contributed by atoms with Crippen LogP contribution in [0.15, 0.2) is 47.1 Å². The van der Waals surface area contributed by atoms with Crippen molar-refractivity contribution in [1.29, 1.82) is 0 Å². The molecule has 0 spiro atoms. The van der Waals surface area contributed by atoms with Crippen molar-refractivity contribution in [2.45, 2.75) is 13.0 Å². The molecule has 0 aliphatic carbocycles. The summed E-state index contributed by atoms with van der Waals surface area (Å²) >= 11 is 0. The highest BCUT2D eigenvalue weighted by Crippen LogP contribution is 2.29. The number of likely N-dealkylation sites (N-methyl/N-ethyl adjacent to an activating group) is 1. The summed E-state index contributed by atoms with van der Waals surface area (Å²) in [5, 5.41) is 3.01. The predicted octanol–water partition coefficient (Wildman–Crippen LogP) is 2.40. The van der Waals surface area contributed by atoms with Gasteiger partial charge in [0.25, 0.3) is 5.91 Å². The molecular weight excluding hydrogens is 330 g/mol. The van der Waals surface area contributed by atoms with E-state index in [9.17, 15) is 4.79 Å². The molecule has 140 valence electrons. The molecule has 1 saturated heterocycles. The minimum absolute atomic E-state index is 0.0593. The number of nitrogens with one attached hydrogen (secondary N) is 1. The molecule has 6 heteroatoms. The van der Waals surface area contributed by atoms with Gasteiger partial charge in [0.2, 0.25) is 0 Å². The van der Waals surface area contributed by atoms with Crippen molar-refractivity contribution in [2.24, 2.45) is 0 Å². The maximum absolute atomic E-state index is 12.3. The summed E-state index contributed by atoms with van der Waals surface area (Å²) in [6, 6.07) is 11.5. The average Bonchev–Trinajstić information content (AvgIpc) is 3.24. The summed E-state index contributed by atoms with van der Waals surface area (Å²) in [6.07, 6.45) is 1.51. The standard InChI is InChI=1S/C20H27N3O3/c1-3-22-10-12-23(13-11-22)17(16-7-4-5-8-18(16)25-2)15-21-20(24)19-9-6-14-26-19/h4-9,14,17H,3,10-13,15H2,1-2H3,(H,21,24). The first-order valence-electron chi connectivity index (χ1n) is 9.14. The Hall–Kier alpha value is -2.31. The Kier molecular flexibility index (Phi) is 6.30. The Bertz CT molecular complexity index is 694. The van der Waals surface area contributed by atoms with Crippen LogP contribution in [0.1, 0.15) is 29.1 Å². The van der Waals surface area contributed by atoms with Gasteiger partial charge in [-0.15, -0.1) is 0 Å². The Morgan fingerprint density at radius 3 is 2.62 bits per heavy atom. The summed E-state index contributed by atoms with van der Waals surface area (Å²) in [5.74, 6) is 0.990. The molecule has 1 N–H and O–H groups in total. The van der Waals surface area contributed by atoms with Crippen LogP contribution in [0.3, 0.4) is 0 Å². The first-order valence-corrected chi connectivity index (χ1v) is 9.14. The van der Waals surface area contributed by atoms with Gasteiger partial charge >= 0.3 is 0 Å². The monoisotopic (exact) mass is 357 g/mol. The molecule has 2 heterocycles. The van der Waals surface area contributed by atoms with Crippen LogP contribution in [-0.2, 0) is 0 Å². The third-order valence-electron chi connectivity index (χ3n) is 4.99. The van der Waals surface area contributed by atoms with Gasteiger partial charge < -0.3 is 19.4 Å². The number of hydrogen-bond donors (Lipinski definition) is 1. The summed E-state index contributed by atoms with van der Waals surface area (Å²) < 4.78 is 10.8. The molecule has 0 bridgehead atoms. The van der Waals surface area contributed by atoms with Crippen molar-refractivity contribution in [3.8, 4) is 5.75 Å². The van der Waals surface area contributed by atoms with Gasteiger partial charge in [-0.3, -0.25) is 9.69 Å². The normalized spacial score (nSPS) is 17.0. The zero-order valence-corrected chi connectivity index (χ0v) is 15.5. The third kappa shape index (κ3) is 4.26. The van der Waals surface area contributed by atoms with Crippen molar-refractivity contribution in [3.05, 3.63) is 54.0 Å². The van der Waals surface area contributed by atoms with E-state index in [1.807, 2.05) is 18.2 Å². The number of nitrogens with zero attached hydrogens (tertiary/aromatic N) is 2. The number of carbonyl (C=O) groups is 1. The number of ether oxygens (including phenoxy) is 1. The van der Waals surface area contributed by atoms with Gasteiger partial charge in [0, 0.05) is 38.3 Å². The van der Waals surface area contributed by atoms with Gasteiger partial charge in [0.05, 0.1) is 19.4 Å². The number of piperazine rings is 1. The molecule has 0 saturated carbocycles. The van der Waals surface area contributed by atoms with Crippen LogP contribution in [0.5, 0.6) is 5.75 Å². The molecule has 3 rings (SSSR count). The number of carbonyl (C=O) groups excluding carboxylic acids is 1. The third-order valence-corrected chi connectivity index (χ3v) is 4.99. The number of para-hydroxylation sites is 1. The number of amides is 1. The molecule has 1 fully saturated rings. The van der Waals surface area contributed by atoms with Crippen LogP contribution < -0.4 is 10.1 Å². The minimum atomic E-state index is -0.193. The van der Waals surface area contributed by atoms with Crippen molar-refractivity contribution in [1.82, 2.24) is 15.1 Å². The minimum Gasteiger partial charge on any atom is -0.496 e. The average molecular weight is 357 g/mol. The fraction of sp³-hybridized carbons (Fsp3) is 0.450. The lowest BCUT2D eigenvalue weighted by Crippen LogP contribution is -2.49. The molecule has 1 unspecified atom stereocenters. The van der Waals surface area contributed by atoms with E-state index >= 15 is 0 Å². The second-order valence-corrected chi connectivity index (χ2v) is 6.42. The van der Waals surface area contributed by atoms with Gasteiger partial charge in [-0.1, -0.05) is 25.1 Å². The van der Waals surface area contributed by atoms with Gasteiger partial charge in [-0.05, 0) is 24.7 Å². The Morgan fingerprint density at radius 1 is 1.19 bits per heavy atom. The number of hydrogen-bond acceptors (Lipinski definition) is 5. The lowest BCUT2D eigenvalue weighted by atomic mass is 10.0. The second kappa shape index (κ2) is 8.87. The lowest BCUT2D eigenvalue weighted by Gasteiger charge is -2.39. The summed E-state index contributed by atoms with van der Waals surface area (Å²) in [7, 11) is 1.69. The second-order valence-electron chi connectivity index (χ2n) is 6.42. The molecule has 0 radical (unpaired) electrons. The highest BCUT2D eigenvalue weighted by molar-refractivity contribution is 5.91. The van der Waals surface area contributed by atoms with E-state index in [0.717, 1.165) is 44.0 Å². The molecule has 1 aliphatic rings. The fourth-order valence-corrected chi connectivity index (χ4v) is 3.45. The highest BCUT2D eigenvalue weighted by Gasteiger charge is 2.27. The summed E-state index contributed by atoms with van der Waals surface area (Å²) in [6.45, 7) is 7.77. The molecule has 1 aromatic heterocycles. The number of methoxy groups -OCH3 is 1. The van der Waals surface area contributed by atoms with Gasteiger partial charge in [0.15, 0.2) is 5.76 Å². The zero-order valence-electron chi connectivity index (χ0n) is 15.5. The highest BCUT2D eigenvalue weighted by atomic mass is 16.5. The van der Waals surface area contributed by atoms with E-state index < -0.39 is 0 Å². The van der Waals surface area contributed by atoms with Crippen LogP contribution in [-0.4, -0.2) is 62.1 Å². The van der Waals surface area contributed by atoms with Crippen LogP contribution in [0.4, 0.5) is 0 Å². The van der Waals surface area contributed by atoms with E-state index in [0.29, 0.717) is 12.3 Å². The molecule has 1 atom stereocenters. The van der Waals surface area contributed by atoms with Gasteiger partial charge in [-0.25, -0.2) is 0 Å². The van der Waals surface area contributed by atoms with Crippen molar-refractivity contribution in [3.63, 3.8) is 0 Å². The zero-order chi connectivity index (χ0) is 18.4. The molecule has 2 aromatic rings. The van der Waals surface area contributed by atoms with Crippen LogP contribution >= 0.6 is 0 Å². The fourth-order valence-electron chi connectivity index (χ4n) is 3.45. The summed E-state index contributed by atoms with van der Waals surface area (Å²) in [5.41, 5.74) is 1.10. The smallest absolute Gasteiger partial charge is 0.287 e. The summed E-state index contributed by atoms with van der Waals surface area (Å²) in [4.78, 5) is 17.2. The van der Waals surface area contributed by atoms with Crippen LogP contribution in [0, 0.1) is 0 Å². The first-order chi connectivity index (χ1) is 12.7. The van der Waals surface area contributed by atoms with E-state index in [1.165, 1.54) is 6.26 Å². The quantitative estimate of drug-likeness (QED) is 0.825. The first kappa shape index (κ1) is 18.5. The molecule has 26 heavy (non-hydrogen) atoms. The predicted molar refractivity (Wildman–Crippen MR) is 100 cm³/mol. The number of rotatable bonds is 7. The van der Waals surface area contributed by atoms with Crippen LogP contribution in [0.2, 0.25) is 0 Å². The van der Waals surface area contributed by atoms with Gasteiger partial charge in [-0.2, -0.15) is 0 Å². The maximum Gasteiger partial charge on any atom is 0.287 e. The largest absolute Gasteiger partial charge is 0.496 e. The molecule has 1 amide bonds. The van der Waals surface area contributed by atoms with E-state index in [-0.39, 0.29) is 11.9 Å². The van der Waals surface area contributed by atoms with Crippen molar-refractivity contribution >= 4 is 5.91 Å². The van der Waals surface area contributed by atoms with Crippen molar-refractivity contribution < 1.29 is 13.9 Å². The number of furan rings is 1. The van der Waals surface area contributed by atoms with Gasteiger partial charge in [0.1, 0.15) is 5.75 Å². The Labute approximate surface area is 154 Å². The molecule has 1 aliphatic heterocycles. The van der Waals surface area contributed by atoms with Crippen LogP contribution in [0.25, 0.3) is 0 Å². The molecule has 6 nitrogen and oxygen atoms in total. The number of benzene rings is 1. The van der Waals surface area contributed by atoms with E-state index in [2.05, 4.69) is 28.1 Å². The topological polar surface area (TPSA) is 58.0 Å². The molecular formula is C20H27N3O3.